The van der Waals surface area contributed by atoms with E-state index in [4.69, 9.17) is 13.7 Å². The van der Waals surface area contributed by atoms with Crippen LogP contribution in [0, 0.1) is 29.1 Å². The number of hydrogen-bond acceptors (Lipinski definition) is 7. The van der Waals surface area contributed by atoms with Gasteiger partial charge in [0.15, 0.2) is 11.6 Å². The number of ether oxygens (including phenoxy) is 2. The van der Waals surface area contributed by atoms with Crippen molar-refractivity contribution < 1.29 is 32.0 Å². The van der Waals surface area contributed by atoms with Crippen molar-refractivity contribution in [1.82, 2.24) is 0 Å². The predicted octanol–water partition coefficient (Wildman–Crippen LogP) is 2.60. The summed E-state index contributed by atoms with van der Waals surface area (Å²) in [5.41, 5.74) is -2.04. The Morgan fingerprint density at radius 2 is 1.87 bits per heavy atom. The molecule has 0 radical (unpaired) electrons. The zero-order valence-corrected chi connectivity index (χ0v) is 20.2. The monoisotopic (exact) mass is 454 g/mol. The van der Waals surface area contributed by atoms with E-state index in [1.165, 1.54) is 0 Å². The summed E-state index contributed by atoms with van der Waals surface area (Å²) in [5.74, 6) is -1.47. The van der Waals surface area contributed by atoms with Crippen molar-refractivity contribution in [1.29, 1.82) is 0 Å². The summed E-state index contributed by atoms with van der Waals surface area (Å²) in [6.45, 7) is 11.6. The number of ketones is 1. The van der Waals surface area contributed by atoms with Crippen LogP contribution in [0.5, 0.6) is 0 Å². The minimum absolute atomic E-state index is 0.0587. The molecular formula is C23H34O7S. The number of rotatable bonds is 2. The Hall–Kier alpha value is -1.06. The van der Waals surface area contributed by atoms with Crippen LogP contribution in [0.25, 0.3) is 0 Å². The van der Waals surface area contributed by atoms with Gasteiger partial charge in [0.05, 0.1) is 18.3 Å². The molecule has 1 saturated heterocycles. The quantitative estimate of drug-likeness (QED) is 0.506. The molecular weight excluding hydrogens is 420 g/mol. The van der Waals surface area contributed by atoms with E-state index in [1.54, 1.807) is 26.8 Å². The van der Waals surface area contributed by atoms with Gasteiger partial charge in [-0.15, -0.1) is 0 Å². The van der Waals surface area contributed by atoms with Crippen molar-refractivity contribution in [2.75, 3.05) is 12.9 Å². The standard InChI is InChI=1S/C23H34O7S/c1-12-8-14(3)22-10-13(2)19(30-31(7,26)27)23(22,25)20-16(11-28-21(5,6)29-20)9-17(15(12)4)18(22)24/h9-10,12,14-15,17,19-20,25H,8,11H2,1-7H3/t12-,14-,15-,17+,19+,20-,22+,23-/m1/s1. The van der Waals surface area contributed by atoms with E-state index >= 15 is 0 Å². The third kappa shape index (κ3) is 3.21. The molecule has 0 aromatic rings. The topological polar surface area (TPSA) is 99.1 Å². The molecule has 1 N–H and O–H groups in total. The molecule has 0 aromatic heterocycles. The van der Waals surface area contributed by atoms with Gasteiger partial charge in [-0.05, 0) is 56.1 Å². The second kappa shape index (κ2) is 6.97. The van der Waals surface area contributed by atoms with Gasteiger partial charge < -0.3 is 14.6 Å². The van der Waals surface area contributed by atoms with Crippen LogP contribution in [0.15, 0.2) is 23.3 Å². The number of Topliss-reactive ketones (excluding diaryl/α,β-unsaturated/α-hetero) is 1. The molecule has 0 unspecified atom stereocenters. The second-order valence-corrected chi connectivity index (χ2v) is 12.2. The first kappa shape index (κ1) is 23.1. The maximum absolute atomic E-state index is 14.2. The van der Waals surface area contributed by atoms with Crippen molar-refractivity contribution in [3.63, 3.8) is 0 Å². The third-order valence-corrected chi connectivity index (χ3v) is 8.54. The lowest BCUT2D eigenvalue weighted by Crippen LogP contribution is -2.68. The molecule has 1 heterocycles. The highest BCUT2D eigenvalue weighted by atomic mass is 32.2. The third-order valence-electron chi connectivity index (χ3n) is 8.00. The zero-order valence-electron chi connectivity index (χ0n) is 19.3. The van der Waals surface area contributed by atoms with Crippen molar-refractivity contribution >= 4 is 15.9 Å². The van der Waals surface area contributed by atoms with Crippen LogP contribution < -0.4 is 0 Å². The molecule has 4 aliphatic rings. The highest BCUT2D eigenvalue weighted by Crippen LogP contribution is 2.62. The summed E-state index contributed by atoms with van der Waals surface area (Å²) in [4.78, 5) is 14.2. The van der Waals surface area contributed by atoms with Gasteiger partial charge in [0, 0.05) is 5.92 Å². The Kier molecular flexibility index (Phi) is 5.19. The summed E-state index contributed by atoms with van der Waals surface area (Å²) < 4.78 is 42.0. The zero-order chi connectivity index (χ0) is 23.1. The molecule has 0 aromatic carbocycles. The molecule has 31 heavy (non-hydrogen) atoms. The molecule has 2 bridgehead atoms. The molecule has 2 fully saturated rings. The fourth-order valence-corrected chi connectivity index (χ4v) is 7.01. The minimum atomic E-state index is -3.92. The Labute approximate surface area is 184 Å². The molecule has 0 amide bonds. The molecule has 3 aliphatic carbocycles. The van der Waals surface area contributed by atoms with E-state index in [2.05, 4.69) is 13.8 Å². The minimum Gasteiger partial charge on any atom is -0.382 e. The van der Waals surface area contributed by atoms with Gasteiger partial charge in [-0.3, -0.25) is 8.98 Å². The maximum Gasteiger partial charge on any atom is 0.265 e. The van der Waals surface area contributed by atoms with Crippen LogP contribution in [-0.2, 0) is 28.6 Å². The number of carbonyl (C=O) groups excluding carboxylic acids is 1. The summed E-state index contributed by atoms with van der Waals surface area (Å²) in [6, 6.07) is 0. The molecule has 8 heteroatoms. The lowest BCUT2D eigenvalue weighted by atomic mass is 9.59. The Balaban J connectivity index is 2.02. The van der Waals surface area contributed by atoms with Gasteiger partial charge in [0.1, 0.15) is 17.8 Å². The smallest absolute Gasteiger partial charge is 0.265 e. The van der Waals surface area contributed by atoms with Crippen molar-refractivity contribution in [3.05, 3.63) is 23.3 Å². The molecule has 8 atom stereocenters. The summed E-state index contributed by atoms with van der Waals surface area (Å²) in [7, 11) is -3.92. The number of allylic oxidation sites excluding steroid dienone is 1. The van der Waals surface area contributed by atoms with E-state index in [1.807, 2.05) is 13.0 Å². The van der Waals surface area contributed by atoms with Gasteiger partial charge in [-0.2, -0.15) is 8.42 Å². The summed E-state index contributed by atoms with van der Waals surface area (Å²) in [6.07, 6.45) is 3.20. The largest absolute Gasteiger partial charge is 0.382 e. The molecule has 1 spiro atoms. The first-order chi connectivity index (χ1) is 14.1. The molecule has 1 aliphatic heterocycles. The molecule has 4 rings (SSSR count). The second-order valence-electron chi connectivity index (χ2n) is 10.6. The Morgan fingerprint density at radius 3 is 2.48 bits per heavy atom. The van der Waals surface area contributed by atoms with Crippen molar-refractivity contribution in [2.24, 2.45) is 29.1 Å². The average Bonchev–Trinajstić information content (AvgIpc) is 2.79. The van der Waals surface area contributed by atoms with Gasteiger partial charge in [0.25, 0.3) is 10.1 Å². The van der Waals surface area contributed by atoms with Crippen molar-refractivity contribution in [2.45, 2.75) is 71.6 Å². The van der Waals surface area contributed by atoms with Crippen LogP contribution in [0.4, 0.5) is 0 Å². The van der Waals surface area contributed by atoms with Gasteiger partial charge in [-0.1, -0.05) is 32.9 Å². The van der Waals surface area contributed by atoms with Gasteiger partial charge in [-0.25, -0.2) is 0 Å². The predicted molar refractivity (Wildman–Crippen MR) is 114 cm³/mol. The van der Waals surface area contributed by atoms with Crippen molar-refractivity contribution in [3.8, 4) is 0 Å². The number of fused-ring (bicyclic) bond motifs is 3. The van der Waals surface area contributed by atoms with Gasteiger partial charge in [0.2, 0.25) is 0 Å². The summed E-state index contributed by atoms with van der Waals surface area (Å²) >= 11 is 0. The van der Waals surface area contributed by atoms with E-state index in [0.717, 1.165) is 12.7 Å². The molecule has 7 nitrogen and oxygen atoms in total. The van der Waals surface area contributed by atoms with E-state index in [0.29, 0.717) is 11.1 Å². The highest BCUT2D eigenvalue weighted by molar-refractivity contribution is 7.86. The lowest BCUT2D eigenvalue weighted by Gasteiger charge is -2.52. The van der Waals surface area contributed by atoms with Crippen LogP contribution in [0.1, 0.15) is 48.0 Å². The SMILES string of the molecule is CC1=C[C@]23C(=O)[C@@H](C=C4COC(C)(C)O[C@H]4[C@]2(O)[C@H]1OS(C)(=O)=O)[C@H](C)[C@H](C)C[C@H]3C. The van der Waals surface area contributed by atoms with Crippen LogP contribution >= 0.6 is 0 Å². The lowest BCUT2D eigenvalue weighted by molar-refractivity contribution is -0.301. The average molecular weight is 455 g/mol. The molecule has 1 saturated carbocycles. The maximum atomic E-state index is 14.2. The van der Waals surface area contributed by atoms with E-state index < -0.39 is 45.0 Å². The Morgan fingerprint density at radius 1 is 1.23 bits per heavy atom. The highest BCUT2D eigenvalue weighted by Gasteiger charge is 2.73. The normalized spacial score (nSPS) is 46.9. The number of aliphatic hydroxyl groups is 1. The van der Waals surface area contributed by atoms with Crippen LogP contribution in [-0.4, -0.2) is 55.8 Å². The number of hydrogen-bond donors (Lipinski definition) is 1. The first-order valence-corrected chi connectivity index (χ1v) is 12.8. The van der Waals surface area contributed by atoms with Gasteiger partial charge >= 0.3 is 0 Å². The fraction of sp³-hybridized carbons (Fsp3) is 0.783. The fourth-order valence-electron chi connectivity index (χ4n) is 6.36. The number of carbonyl (C=O) groups is 1. The van der Waals surface area contributed by atoms with Crippen LogP contribution in [0.3, 0.4) is 0 Å². The van der Waals surface area contributed by atoms with E-state index in [-0.39, 0.29) is 30.1 Å². The Bertz CT molecular complexity index is 964. The van der Waals surface area contributed by atoms with E-state index in [9.17, 15) is 18.3 Å². The summed E-state index contributed by atoms with van der Waals surface area (Å²) in [5, 5.41) is 12.6. The molecule has 174 valence electrons. The first-order valence-electron chi connectivity index (χ1n) is 11.0. The van der Waals surface area contributed by atoms with Crippen LogP contribution in [0.2, 0.25) is 0 Å².